The Balaban J connectivity index is 1.66. The first-order valence-corrected chi connectivity index (χ1v) is 10.4. The zero-order valence-electron chi connectivity index (χ0n) is 13.2. The van der Waals surface area contributed by atoms with Crippen LogP contribution in [0.1, 0.15) is 18.5 Å². The van der Waals surface area contributed by atoms with E-state index >= 15 is 0 Å². The minimum Gasteiger partial charge on any atom is -0.327 e. The number of sulfonamides is 1. The summed E-state index contributed by atoms with van der Waals surface area (Å²) in [4.78, 5) is 1.30. The molecule has 130 valence electrons. The Morgan fingerprint density at radius 3 is 2.33 bits per heavy atom. The van der Waals surface area contributed by atoms with Crippen LogP contribution < -0.4 is 4.90 Å². The van der Waals surface area contributed by atoms with Gasteiger partial charge in [-0.2, -0.15) is 4.31 Å². The number of thiophene rings is 1. The minimum atomic E-state index is -3.46. The van der Waals surface area contributed by atoms with Gasteiger partial charge in [-0.15, -0.1) is 11.3 Å². The first-order valence-electron chi connectivity index (χ1n) is 7.73. The molecule has 0 bridgehead atoms. The Labute approximate surface area is 150 Å². The van der Waals surface area contributed by atoms with Crippen molar-refractivity contribution in [1.82, 2.24) is 4.31 Å². The van der Waals surface area contributed by atoms with Gasteiger partial charge in [-0.05, 0) is 31.2 Å². The van der Waals surface area contributed by atoms with E-state index in [4.69, 9.17) is 11.6 Å². The largest absolute Gasteiger partial charge is 0.327 e. The monoisotopic (exact) mass is 389 g/mol. The second-order valence-corrected chi connectivity index (χ2v) is 9.77. The molecule has 0 aliphatic carbocycles. The van der Waals surface area contributed by atoms with Crippen molar-refractivity contribution in [3.05, 3.63) is 52.1 Å². The van der Waals surface area contributed by atoms with E-state index in [1.54, 1.807) is 24.3 Å². The summed E-state index contributed by atoms with van der Waals surface area (Å²) in [5, 5.41) is 0. The Bertz CT molecular complexity index is 800. The number of nitrogens with one attached hydrogen (secondary N) is 1. The van der Waals surface area contributed by atoms with Crippen LogP contribution in [0.3, 0.4) is 0 Å². The van der Waals surface area contributed by atoms with E-state index < -0.39 is 10.0 Å². The zero-order chi connectivity index (χ0) is 17.3. The molecule has 1 aromatic carbocycles. The highest BCUT2D eigenvalue weighted by Crippen LogP contribution is 2.28. The van der Waals surface area contributed by atoms with Gasteiger partial charge < -0.3 is 4.90 Å². The van der Waals surface area contributed by atoms with E-state index in [1.807, 2.05) is 0 Å². The Morgan fingerprint density at radius 1 is 1.17 bits per heavy atom. The molecular weight excluding hydrogens is 371 g/mol. The molecule has 0 amide bonds. The van der Waals surface area contributed by atoms with Crippen molar-refractivity contribution in [2.75, 3.05) is 26.2 Å². The molecule has 1 N–H and O–H groups in total. The number of piperazine rings is 1. The van der Waals surface area contributed by atoms with E-state index in [1.165, 1.54) is 21.3 Å². The summed E-state index contributed by atoms with van der Waals surface area (Å²) in [6.45, 7) is 4.47. The van der Waals surface area contributed by atoms with E-state index in [-0.39, 0.29) is 11.9 Å². The average Bonchev–Trinajstić information content (AvgIpc) is 3.02. The van der Waals surface area contributed by atoms with Gasteiger partial charge in [0.05, 0.1) is 30.5 Å². The molecule has 1 atom stereocenters. The van der Waals surface area contributed by atoms with Gasteiger partial charge in [-0.25, -0.2) is 12.8 Å². The Morgan fingerprint density at radius 2 is 1.79 bits per heavy atom. The highest BCUT2D eigenvalue weighted by molar-refractivity contribution is 7.91. The third-order valence-corrected chi connectivity index (χ3v) is 8.09. The van der Waals surface area contributed by atoms with Crippen molar-refractivity contribution in [2.45, 2.75) is 17.2 Å². The number of nitrogens with zero attached hydrogens (tertiary/aromatic N) is 1. The van der Waals surface area contributed by atoms with Crippen molar-refractivity contribution < 1.29 is 17.7 Å². The van der Waals surface area contributed by atoms with Crippen LogP contribution in [-0.4, -0.2) is 38.9 Å². The van der Waals surface area contributed by atoms with Crippen molar-refractivity contribution >= 4 is 33.0 Å². The lowest BCUT2D eigenvalue weighted by Gasteiger charge is -2.34. The molecule has 1 aliphatic rings. The molecule has 8 heteroatoms. The summed E-state index contributed by atoms with van der Waals surface area (Å²) < 4.78 is 40.6. The van der Waals surface area contributed by atoms with E-state index in [2.05, 4.69) is 6.92 Å². The van der Waals surface area contributed by atoms with Crippen LogP contribution >= 0.6 is 22.9 Å². The molecule has 1 fully saturated rings. The fourth-order valence-corrected chi connectivity index (χ4v) is 6.08. The zero-order valence-corrected chi connectivity index (χ0v) is 15.6. The van der Waals surface area contributed by atoms with Crippen LogP contribution in [0.25, 0.3) is 0 Å². The average molecular weight is 390 g/mol. The quantitative estimate of drug-likeness (QED) is 0.871. The highest BCUT2D eigenvalue weighted by Gasteiger charge is 2.33. The summed E-state index contributed by atoms with van der Waals surface area (Å²) in [7, 11) is -3.46. The molecule has 4 nitrogen and oxygen atoms in total. The first kappa shape index (κ1) is 17.8. The highest BCUT2D eigenvalue weighted by atomic mass is 35.5. The number of quaternary nitrogens is 1. The fraction of sp³-hybridized carbons (Fsp3) is 0.375. The predicted molar refractivity (Wildman–Crippen MR) is 93.6 cm³/mol. The van der Waals surface area contributed by atoms with E-state index in [9.17, 15) is 12.8 Å². The SMILES string of the molecule is C[C@H](c1ccc(F)cc1)[NH+]1CCN(S(=O)(=O)c2ccc(Cl)s2)CC1. The second-order valence-electron chi connectivity index (χ2n) is 5.89. The van der Waals surface area contributed by atoms with Gasteiger partial charge in [0.1, 0.15) is 16.1 Å². The van der Waals surface area contributed by atoms with Gasteiger partial charge in [0.2, 0.25) is 0 Å². The van der Waals surface area contributed by atoms with Crippen molar-refractivity contribution in [3.8, 4) is 0 Å². The smallest absolute Gasteiger partial charge is 0.253 e. The molecule has 0 saturated carbocycles. The van der Waals surface area contributed by atoms with Crippen LogP contribution in [0.15, 0.2) is 40.6 Å². The van der Waals surface area contributed by atoms with Crippen LogP contribution in [0.2, 0.25) is 4.34 Å². The summed E-state index contributed by atoms with van der Waals surface area (Å²) in [5.41, 5.74) is 1.06. The number of hydrogen-bond donors (Lipinski definition) is 1. The second kappa shape index (κ2) is 7.09. The van der Waals surface area contributed by atoms with E-state index in [0.29, 0.717) is 21.6 Å². The number of halogens is 2. The first-order chi connectivity index (χ1) is 11.4. The van der Waals surface area contributed by atoms with Gasteiger partial charge in [0, 0.05) is 5.56 Å². The lowest BCUT2D eigenvalue weighted by atomic mass is 10.1. The standard InChI is InChI=1S/C16H18ClFN2O2S2/c1-12(13-2-4-14(18)5-3-13)19-8-10-20(11-9-19)24(21,22)16-7-6-15(17)23-16/h2-7,12H,8-11H2,1H3/p+1/t12-/m1/s1. The number of hydrogen-bond acceptors (Lipinski definition) is 3. The maximum Gasteiger partial charge on any atom is 0.253 e. The molecule has 0 radical (unpaired) electrons. The van der Waals surface area contributed by atoms with Crippen LogP contribution in [0, 0.1) is 5.82 Å². The number of benzene rings is 1. The Hall–Kier alpha value is -0.990. The van der Waals surface area contributed by atoms with Gasteiger partial charge in [0.15, 0.2) is 0 Å². The minimum absolute atomic E-state index is 0.201. The molecule has 1 aromatic heterocycles. The third kappa shape index (κ3) is 3.65. The summed E-state index contributed by atoms with van der Waals surface area (Å²) in [6.07, 6.45) is 0. The molecule has 0 spiro atoms. The molecule has 1 saturated heterocycles. The van der Waals surface area contributed by atoms with E-state index in [0.717, 1.165) is 30.0 Å². The van der Waals surface area contributed by atoms with Crippen LogP contribution in [0.4, 0.5) is 4.39 Å². The third-order valence-electron chi connectivity index (χ3n) is 4.49. The predicted octanol–water partition coefficient (Wildman–Crippen LogP) is 2.19. The van der Waals surface area contributed by atoms with Crippen LogP contribution in [-0.2, 0) is 10.0 Å². The molecule has 1 aliphatic heterocycles. The molecule has 3 rings (SSSR count). The molecular formula is C16H19ClFN2O2S2+. The molecule has 24 heavy (non-hydrogen) atoms. The number of rotatable bonds is 4. The van der Waals surface area contributed by atoms with Gasteiger partial charge in [-0.1, -0.05) is 23.7 Å². The normalized spacial score (nSPS) is 18.6. The van der Waals surface area contributed by atoms with Crippen LogP contribution in [0.5, 0.6) is 0 Å². The maximum atomic E-state index is 13.0. The van der Waals surface area contributed by atoms with Gasteiger partial charge in [0.25, 0.3) is 10.0 Å². The summed E-state index contributed by atoms with van der Waals surface area (Å²) in [6, 6.07) is 9.89. The molecule has 0 unspecified atom stereocenters. The topological polar surface area (TPSA) is 41.8 Å². The fourth-order valence-electron chi connectivity index (χ4n) is 3.00. The summed E-state index contributed by atoms with van der Waals surface area (Å²) in [5.74, 6) is -0.244. The van der Waals surface area contributed by atoms with Crippen molar-refractivity contribution in [3.63, 3.8) is 0 Å². The van der Waals surface area contributed by atoms with Crippen molar-refractivity contribution in [1.29, 1.82) is 0 Å². The maximum absolute atomic E-state index is 13.0. The molecule has 2 aromatic rings. The molecule has 2 heterocycles. The Kier molecular flexibility index (Phi) is 5.27. The van der Waals surface area contributed by atoms with Gasteiger partial charge >= 0.3 is 0 Å². The lowest BCUT2D eigenvalue weighted by molar-refractivity contribution is -0.933. The lowest BCUT2D eigenvalue weighted by Crippen LogP contribution is -3.14. The summed E-state index contributed by atoms with van der Waals surface area (Å²) >= 11 is 6.94. The van der Waals surface area contributed by atoms with Crippen molar-refractivity contribution in [2.24, 2.45) is 0 Å². The van der Waals surface area contributed by atoms with Gasteiger partial charge in [-0.3, -0.25) is 0 Å².